The second-order valence-corrected chi connectivity index (χ2v) is 9.87. The number of thioether (sulfide) groups is 1. The summed E-state index contributed by atoms with van der Waals surface area (Å²) in [6, 6.07) is 9.81. The number of hydrogen-bond donors (Lipinski definition) is 0. The average Bonchev–Trinajstić information content (AvgIpc) is 3.19. The Labute approximate surface area is 160 Å². The van der Waals surface area contributed by atoms with Crippen LogP contribution in [0, 0.1) is 5.92 Å². The zero-order valence-corrected chi connectivity index (χ0v) is 16.1. The van der Waals surface area contributed by atoms with E-state index in [9.17, 15) is 8.42 Å². The van der Waals surface area contributed by atoms with Crippen LogP contribution in [0.15, 0.2) is 40.0 Å². The monoisotopic (exact) mass is 409 g/mol. The van der Waals surface area contributed by atoms with Gasteiger partial charge >= 0.3 is 0 Å². The van der Waals surface area contributed by atoms with Crippen molar-refractivity contribution < 1.29 is 12.8 Å². The summed E-state index contributed by atoms with van der Waals surface area (Å²) in [5, 5.41) is 10.0. The van der Waals surface area contributed by atoms with Gasteiger partial charge in [-0.05, 0) is 24.5 Å². The molecule has 1 aliphatic rings. The van der Waals surface area contributed by atoms with Crippen LogP contribution in [0.5, 0.6) is 0 Å². The first-order valence-corrected chi connectivity index (χ1v) is 11.4. The zero-order chi connectivity index (χ0) is 18.1. The van der Waals surface area contributed by atoms with E-state index in [2.05, 4.69) is 15.2 Å². The fourth-order valence-corrected chi connectivity index (χ4v) is 5.94. The molecule has 0 saturated carbocycles. The van der Waals surface area contributed by atoms with Crippen molar-refractivity contribution in [3.8, 4) is 0 Å². The molecule has 1 aliphatic heterocycles. The molecule has 1 atom stereocenters. The Morgan fingerprint density at radius 3 is 2.92 bits per heavy atom. The minimum Gasteiger partial charge on any atom is -0.416 e. The Morgan fingerprint density at radius 1 is 1.27 bits per heavy atom. The van der Waals surface area contributed by atoms with Crippen molar-refractivity contribution in [1.82, 2.24) is 15.2 Å². The molecule has 1 fully saturated rings. The average molecular weight is 410 g/mol. The number of sulfone groups is 1. The van der Waals surface area contributed by atoms with Crippen molar-refractivity contribution in [2.24, 2.45) is 5.92 Å². The van der Waals surface area contributed by atoms with E-state index in [-0.39, 0.29) is 17.4 Å². The van der Waals surface area contributed by atoms with Gasteiger partial charge in [-0.1, -0.05) is 41.6 Å². The van der Waals surface area contributed by atoms with E-state index in [4.69, 9.17) is 16.0 Å². The molecule has 0 amide bonds. The standard InChI is InChI=1S/C17H16ClN3O3S2/c18-16-13(8-12-3-1-2-4-14(12)19-16)9-25-17-21-20-15(24-17)7-11-5-6-26(22,23)10-11/h1-4,8,11H,5-7,9-10H2/t11-/m0/s1. The highest BCUT2D eigenvalue weighted by Crippen LogP contribution is 2.29. The van der Waals surface area contributed by atoms with Gasteiger partial charge in [-0.2, -0.15) is 0 Å². The van der Waals surface area contributed by atoms with E-state index in [0.29, 0.717) is 34.9 Å². The van der Waals surface area contributed by atoms with Crippen LogP contribution in [0.2, 0.25) is 5.15 Å². The number of para-hydroxylation sites is 1. The quantitative estimate of drug-likeness (QED) is 0.470. The van der Waals surface area contributed by atoms with E-state index in [1.807, 2.05) is 30.3 Å². The Hall–Kier alpha value is -1.64. The highest BCUT2D eigenvalue weighted by Gasteiger charge is 2.29. The first kappa shape index (κ1) is 17.8. The van der Waals surface area contributed by atoms with Gasteiger partial charge in [-0.15, -0.1) is 10.2 Å². The first-order valence-electron chi connectivity index (χ1n) is 8.18. The lowest BCUT2D eigenvalue weighted by molar-refractivity contribution is 0.389. The maximum atomic E-state index is 11.5. The van der Waals surface area contributed by atoms with Crippen LogP contribution < -0.4 is 0 Å². The molecular weight excluding hydrogens is 394 g/mol. The molecule has 3 aromatic rings. The summed E-state index contributed by atoms with van der Waals surface area (Å²) in [7, 11) is -2.89. The first-order chi connectivity index (χ1) is 12.5. The van der Waals surface area contributed by atoms with Crippen LogP contribution in [0.25, 0.3) is 10.9 Å². The van der Waals surface area contributed by atoms with Gasteiger partial charge in [-0.3, -0.25) is 0 Å². The third kappa shape index (κ3) is 4.02. The second kappa shape index (κ2) is 7.17. The topological polar surface area (TPSA) is 86.0 Å². The van der Waals surface area contributed by atoms with Crippen molar-refractivity contribution in [1.29, 1.82) is 0 Å². The van der Waals surface area contributed by atoms with Crippen molar-refractivity contribution in [3.63, 3.8) is 0 Å². The molecule has 9 heteroatoms. The molecule has 0 spiro atoms. The summed E-state index contributed by atoms with van der Waals surface area (Å²) in [5.74, 6) is 1.57. The zero-order valence-electron chi connectivity index (χ0n) is 13.8. The maximum absolute atomic E-state index is 11.5. The van der Waals surface area contributed by atoms with Gasteiger partial charge in [0, 0.05) is 23.1 Å². The molecular formula is C17H16ClN3O3S2. The number of hydrogen-bond acceptors (Lipinski definition) is 7. The van der Waals surface area contributed by atoms with Crippen LogP contribution >= 0.6 is 23.4 Å². The molecule has 1 saturated heterocycles. The second-order valence-electron chi connectivity index (χ2n) is 6.35. The van der Waals surface area contributed by atoms with Crippen LogP contribution in [0.4, 0.5) is 0 Å². The van der Waals surface area contributed by atoms with Crippen LogP contribution in [-0.4, -0.2) is 35.1 Å². The molecule has 26 heavy (non-hydrogen) atoms. The summed E-state index contributed by atoms with van der Waals surface area (Å²) < 4.78 is 28.7. The molecule has 0 bridgehead atoms. The van der Waals surface area contributed by atoms with Crippen LogP contribution in [-0.2, 0) is 22.0 Å². The fraction of sp³-hybridized carbons (Fsp3) is 0.353. The highest BCUT2D eigenvalue weighted by molar-refractivity contribution is 7.98. The van der Waals surface area contributed by atoms with Crippen molar-refractivity contribution in [2.45, 2.75) is 23.8 Å². The Bertz CT molecular complexity index is 1050. The molecule has 0 aliphatic carbocycles. The lowest BCUT2D eigenvalue weighted by Gasteiger charge is -2.04. The van der Waals surface area contributed by atoms with Crippen molar-refractivity contribution in [3.05, 3.63) is 46.9 Å². The van der Waals surface area contributed by atoms with E-state index in [0.717, 1.165) is 16.5 Å². The SMILES string of the molecule is O=S1(=O)CC[C@@H](Cc2nnc(SCc3cc4ccccc4nc3Cl)o2)C1. The maximum Gasteiger partial charge on any atom is 0.276 e. The number of pyridine rings is 1. The fourth-order valence-electron chi connectivity index (χ4n) is 3.04. The Kier molecular flexibility index (Phi) is 4.90. The molecule has 0 unspecified atom stereocenters. The number of aromatic nitrogens is 3. The Balaban J connectivity index is 1.41. The van der Waals surface area contributed by atoms with Gasteiger partial charge in [0.25, 0.3) is 5.22 Å². The largest absolute Gasteiger partial charge is 0.416 e. The van der Waals surface area contributed by atoms with E-state index < -0.39 is 9.84 Å². The third-order valence-corrected chi connectivity index (χ3v) is 7.37. The van der Waals surface area contributed by atoms with Crippen molar-refractivity contribution >= 4 is 44.1 Å². The molecule has 4 rings (SSSR count). The van der Waals surface area contributed by atoms with Gasteiger partial charge < -0.3 is 4.42 Å². The predicted molar refractivity (Wildman–Crippen MR) is 101 cm³/mol. The molecule has 6 nitrogen and oxygen atoms in total. The van der Waals surface area contributed by atoms with Crippen molar-refractivity contribution in [2.75, 3.05) is 11.5 Å². The molecule has 136 valence electrons. The molecule has 1 aromatic carbocycles. The summed E-state index contributed by atoms with van der Waals surface area (Å²) in [6.45, 7) is 0. The lowest BCUT2D eigenvalue weighted by atomic mass is 10.1. The number of fused-ring (bicyclic) bond motifs is 1. The minimum absolute atomic E-state index is 0.0671. The van der Waals surface area contributed by atoms with Crippen LogP contribution in [0.3, 0.4) is 0 Å². The summed E-state index contributed by atoms with van der Waals surface area (Å²) in [4.78, 5) is 4.40. The minimum atomic E-state index is -2.89. The normalized spacial score (nSPS) is 19.2. The van der Waals surface area contributed by atoms with Gasteiger partial charge in [-0.25, -0.2) is 13.4 Å². The summed E-state index contributed by atoms with van der Waals surface area (Å²) >= 11 is 7.66. The van der Waals surface area contributed by atoms with E-state index >= 15 is 0 Å². The van der Waals surface area contributed by atoms with Gasteiger partial charge in [0.1, 0.15) is 5.15 Å². The van der Waals surface area contributed by atoms with Gasteiger partial charge in [0.2, 0.25) is 5.89 Å². The lowest BCUT2D eigenvalue weighted by Crippen LogP contribution is -2.07. The number of halogens is 1. The van der Waals surface area contributed by atoms with Gasteiger partial charge in [0.15, 0.2) is 9.84 Å². The predicted octanol–water partition coefficient (Wildman–Crippen LogP) is 3.54. The summed E-state index contributed by atoms with van der Waals surface area (Å²) in [5.41, 5.74) is 1.76. The Morgan fingerprint density at radius 2 is 2.12 bits per heavy atom. The molecule has 2 aromatic heterocycles. The number of rotatable bonds is 5. The molecule has 0 N–H and O–H groups in total. The van der Waals surface area contributed by atoms with E-state index in [1.54, 1.807) is 0 Å². The van der Waals surface area contributed by atoms with E-state index in [1.165, 1.54) is 11.8 Å². The molecule has 0 radical (unpaired) electrons. The van der Waals surface area contributed by atoms with Gasteiger partial charge in [0.05, 0.1) is 17.0 Å². The third-order valence-electron chi connectivity index (χ3n) is 4.34. The summed E-state index contributed by atoms with van der Waals surface area (Å²) in [6.07, 6.45) is 1.16. The highest BCUT2D eigenvalue weighted by atomic mass is 35.5. The smallest absolute Gasteiger partial charge is 0.276 e. The number of nitrogens with zero attached hydrogens (tertiary/aromatic N) is 3. The van der Waals surface area contributed by atoms with Crippen LogP contribution in [0.1, 0.15) is 17.9 Å². The molecule has 3 heterocycles. The number of benzene rings is 1.